The van der Waals surface area contributed by atoms with Crippen LogP contribution in [0.1, 0.15) is 6.42 Å². The first-order chi connectivity index (χ1) is 3.00. The molecule has 0 N–H and O–H groups in total. The Kier molecular flexibility index (Phi) is 1.71. The second kappa shape index (κ2) is 2.37. The predicted octanol–water partition coefficient (Wildman–Crippen LogP) is 0.0745. The van der Waals surface area contributed by atoms with Crippen molar-refractivity contribution in [2.75, 3.05) is 12.7 Å². The average Bonchev–Trinajstić information content (AvgIpc) is 1.72. The van der Waals surface area contributed by atoms with Gasteiger partial charge in [-0.3, -0.25) is 0 Å². The van der Waals surface area contributed by atoms with Gasteiger partial charge in [0.05, 0.1) is 9.52 Å². The highest BCUT2D eigenvalue weighted by Crippen LogP contribution is 1.90. The molecule has 1 rings (SSSR count). The van der Waals surface area contributed by atoms with E-state index in [4.69, 9.17) is 0 Å². The number of hydrogen-bond acceptors (Lipinski definition) is 0. The molecule has 0 atom stereocenters. The molecule has 1 heterocycles. The minimum Gasteiger partial charge on any atom is -0.245 e. The first-order valence-electron chi connectivity index (χ1n) is 2.34. The summed E-state index contributed by atoms with van der Waals surface area (Å²) in [6, 6.07) is 1.43. The molecule has 0 aromatic heterocycles. The molecule has 6 heavy (non-hydrogen) atoms. The molecule has 0 saturated carbocycles. The van der Waals surface area contributed by atoms with Crippen molar-refractivity contribution in [2.24, 2.45) is 0 Å². The molecule has 0 aromatic rings. The van der Waals surface area contributed by atoms with Crippen LogP contribution in [0.3, 0.4) is 0 Å². The van der Waals surface area contributed by atoms with Crippen LogP contribution in [0.4, 0.5) is 0 Å². The topological polar surface area (TPSA) is 14.1 Å². The first-order valence-corrected chi connectivity index (χ1v) is 3.75. The van der Waals surface area contributed by atoms with Crippen molar-refractivity contribution >= 4 is 9.52 Å². The molecule has 1 fully saturated rings. The zero-order valence-corrected chi connectivity index (χ0v) is 4.78. The summed E-state index contributed by atoms with van der Waals surface area (Å²) in [6.45, 7) is 1.13. The van der Waals surface area contributed by atoms with E-state index < -0.39 is 0 Å². The highest BCUT2D eigenvalue weighted by atomic mass is 28.2. The standard InChI is InChI=1S/C4H8NSi/c1-2-5-4-6-3-1/h1-4H2. The van der Waals surface area contributed by atoms with Gasteiger partial charge in [0.15, 0.2) is 0 Å². The molecule has 0 spiro atoms. The molecular formula is C4H8NSi. The Morgan fingerprint density at radius 2 is 2.50 bits per heavy atom. The molecule has 0 bridgehead atoms. The van der Waals surface area contributed by atoms with E-state index in [1.54, 1.807) is 0 Å². The Balaban J connectivity index is 2.00. The zero-order chi connectivity index (χ0) is 4.24. The van der Waals surface area contributed by atoms with Gasteiger partial charge in [0.2, 0.25) is 0 Å². The van der Waals surface area contributed by atoms with Crippen molar-refractivity contribution in [1.82, 2.24) is 5.32 Å². The number of nitrogens with zero attached hydrogens (tertiary/aromatic N) is 1. The van der Waals surface area contributed by atoms with E-state index in [0.29, 0.717) is 0 Å². The van der Waals surface area contributed by atoms with E-state index >= 15 is 0 Å². The Hall–Kier alpha value is 0.177. The number of rotatable bonds is 0. The van der Waals surface area contributed by atoms with Crippen LogP contribution in [0.15, 0.2) is 0 Å². The van der Waals surface area contributed by atoms with Crippen molar-refractivity contribution in [3.8, 4) is 0 Å². The fourth-order valence-corrected chi connectivity index (χ4v) is 1.44. The van der Waals surface area contributed by atoms with Crippen LogP contribution in [0.2, 0.25) is 6.04 Å². The van der Waals surface area contributed by atoms with E-state index in [0.717, 1.165) is 22.2 Å². The summed E-state index contributed by atoms with van der Waals surface area (Å²) in [5, 5.41) is 4.19. The molecule has 1 aliphatic heterocycles. The van der Waals surface area contributed by atoms with Gasteiger partial charge in [-0.2, -0.15) is 0 Å². The average molecular weight is 98.2 g/mol. The van der Waals surface area contributed by atoms with Crippen molar-refractivity contribution in [3.05, 3.63) is 0 Å². The summed E-state index contributed by atoms with van der Waals surface area (Å²) in [4.78, 5) is 0. The molecule has 3 radical (unpaired) electrons. The Morgan fingerprint density at radius 3 is 2.67 bits per heavy atom. The van der Waals surface area contributed by atoms with Gasteiger partial charge in [0.25, 0.3) is 0 Å². The summed E-state index contributed by atoms with van der Waals surface area (Å²) >= 11 is 0. The molecule has 0 aliphatic carbocycles. The van der Waals surface area contributed by atoms with Gasteiger partial charge in [-0.05, 0) is 6.42 Å². The van der Waals surface area contributed by atoms with Crippen molar-refractivity contribution in [3.63, 3.8) is 0 Å². The minimum absolute atomic E-state index is 1.13. The van der Waals surface area contributed by atoms with Crippen LogP contribution >= 0.6 is 0 Å². The van der Waals surface area contributed by atoms with Gasteiger partial charge in [-0.15, -0.1) is 0 Å². The highest BCUT2D eigenvalue weighted by molar-refractivity contribution is 6.35. The third-order valence-corrected chi connectivity index (χ3v) is 2.05. The molecular weight excluding hydrogens is 90.1 g/mol. The van der Waals surface area contributed by atoms with Crippen molar-refractivity contribution in [2.45, 2.75) is 12.5 Å². The monoisotopic (exact) mass is 98.0 g/mol. The van der Waals surface area contributed by atoms with E-state index in [9.17, 15) is 0 Å². The lowest BCUT2D eigenvalue weighted by Crippen LogP contribution is -2.20. The summed E-state index contributed by atoms with van der Waals surface area (Å²) in [7, 11) is 1.14. The van der Waals surface area contributed by atoms with Gasteiger partial charge in [0.1, 0.15) is 0 Å². The molecule has 2 heteroatoms. The fraction of sp³-hybridized carbons (Fsp3) is 1.00. The first kappa shape index (κ1) is 4.34. The number of hydrogen-bond donors (Lipinski definition) is 0. The van der Waals surface area contributed by atoms with Crippen LogP contribution in [-0.2, 0) is 0 Å². The maximum atomic E-state index is 4.19. The normalized spacial score (nSPS) is 24.0. The lowest BCUT2D eigenvalue weighted by molar-refractivity contribution is 0.702. The van der Waals surface area contributed by atoms with E-state index in [1.807, 2.05) is 0 Å². The summed E-state index contributed by atoms with van der Waals surface area (Å²) in [5.74, 6) is 0. The molecule has 33 valence electrons. The van der Waals surface area contributed by atoms with Gasteiger partial charge in [-0.1, -0.05) is 6.04 Å². The lowest BCUT2D eigenvalue weighted by atomic mass is 10.5. The smallest absolute Gasteiger partial charge is 0.0587 e. The maximum absolute atomic E-state index is 4.19. The zero-order valence-electron chi connectivity index (χ0n) is 3.78. The lowest BCUT2D eigenvalue weighted by Gasteiger charge is -2.05. The maximum Gasteiger partial charge on any atom is 0.0587 e. The third-order valence-electron chi connectivity index (χ3n) is 0.893. The summed E-state index contributed by atoms with van der Waals surface area (Å²) in [5.41, 5.74) is 0. The van der Waals surface area contributed by atoms with Crippen LogP contribution in [0.5, 0.6) is 0 Å². The second-order valence-corrected chi connectivity index (χ2v) is 2.78. The third kappa shape index (κ3) is 1.10. The highest BCUT2D eigenvalue weighted by Gasteiger charge is 1.96. The Bertz CT molecular complexity index is 23.0. The molecule has 1 saturated heterocycles. The van der Waals surface area contributed by atoms with E-state index in [2.05, 4.69) is 5.32 Å². The fourth-order valence-electron chi connectivity index (χ4n) is 0.553. The van der Waals surface area contributed by atoms with E-state index in [-0.39, 0.29) is 0 Å². The van der Waals surface area contributed by atoms with Crippen LogP contribution in [0.25, 0.3) is 0 Å². The van der Waals surface area contributed by atoms with Crippen LogP contribution in [-0.4, -0.2) is 22.2 Å². The molecule has 1 nitrogen and oxygen atoms in total. The van der Waals surface area contributed by atoms with Crippen LogP contribution in [0, 0.1) is 0 Å². The molecule has 0 unspecified atom stereocenters. The van der Waals surface area contributed by atoms with Crippen molar-refractivity contribution in [1.29, 1.82) is 0 Å². The van der Waals surface area contributed by atoms with Gasteiger partial charge < -0.3 is 0 Å². The predicted molar refractivity (Wildman–Crippen MR) is 27.0 cm³/mol. The quantitative estimate of drug-likeness (QED) is 0.381. The SMILES string of the molecule is C1C[N]C[Si]C1. The van der Waals surface area contributed by atoms with Crippen molar-refractivity contribution < 1.29 is 0 Å². The van der Waals surface area contributed by atoms with E-state index in [1.165, 1.54) is 12.5 Å². The minimum atomic E-state index is 1.13. The Labute approximate surface area is 41.0 Å². The molecule has 0 amide bonds. The molecule has 1 aliphatic rings. The second-order valence-electron chi connectivity index (χ2n) is 1.46. The molecule has 0 aromatic carbocycles. The van der Waals surface area contributed by atoms with Crippen LogP contribution < -0.4 is 5.32 Å². The van der Waals surface area contributed by atoms with Gasteiger partial charge in [-0.25, -0.2) is 5.32 Å². The largest absolute Gasteiger partial charge is 0.245 e. The Morgan fingerprint density at radius 1 is 1.50 bits per heavy atom. The summed E-state index contributed by atoms with van der Waals surface area (Å²) in [6.07, 6.45) is 2.50. The van der Waals surface area contributed by atoms with Gasteiger partial charge in [0, 0.05) is 12.7 Å². The summed E-state index contributed by atoms with van der Waals surface area (Å²) < 4.78 is 0. The van der Waals surface area contributed by atoms with Gasteiger partial charge >= 0.3 is 0 Å².